The lowest BCUT2D eigenvalue weighted by Gasteiger charge is -2.26. The zero-order valence-electron chi connectivity index (χ0n) is 12.7. The largest absolute Gasteiger partial charge is 0.469 e. The Labute approximate surface area is 117 Å². The molecular formula is C17H28O2. The van der Waals surface area contributed by atoms with Crippen LogP contribution in [0.1, 0.15) is 58.8 Å². The lowest BCUT2D eigenvalue weighted by atomic mass is 9.79. The second kappa shape index (κ2) is 8.19. The lowest BCUT2D eigenvalue weighted by molar-refractivity contribution is -0.146. The van der Waals surface area contributed by atoms with E-state index in [1.165, 1.54) is 25.5 Å². The van der Waals surface area contributed by atoms with Crippen molar-refractivity contribution in [3.8, 4) is 0 Å². The Hall–Kier alpha value is -1.05. The molecule has 0 unspecified atom stereocenters. The van der Waals surface area contributed by atoms with E-state index in [1.807, 2.05) is 0 Å². The van der Waals surface area contributed by atoms with Gasteiger partial charge in [0, 0.05) is 0 Å². The van der Waals surface area contributed by atoms with Crippen LogP contribution in [0.4, 0.5) is 0 Å². The molecule has 0 amide bonds. The van der Waals surface area contributed by atoms with Gasteiger partial charge in [-0.05, 0) is 44.9 Å². The molecule has 0 aromatic rings. The average Bonchev–Trinajstić information content (AvgIpc) is 2.46. The number of rotatable bonds is 4. The summed E-state index contributed by atoms with van der Waals surface area (Å²) in [6.07, 6.45) is 9.80. The van der Waals surface area contributed by atoms with Crippen LogP contribution in [0, 0.1) is 11.8 Å². The van der Waals surface area contributed by atoms with Gasteiger partial charge in [-0.15, -0.1) is 0 Å². The first-order valence-electron chi connectivity index (χ1n) is 7.51. The van der Waals surface area contributed by atoms with E-state index >= 15 is 0 Å². The summed E-state index contributed by atoms with van der Waals surface area (Å²) in [6.45, 7) is 8.55. The Bertz CT molecular complexity index is 341. The van der Waals surface area contributed by atoms with Gasteiger partial charge in [0.25, 0.3) is 0 Å². The maximum absolute atomic E-state index is 12.1. The maximum Gasteiger partial charge on any atom is 0.313 e. The molecule has 2 atom stereocenters. The predicted octanol–water partition coefficient (Wildman–Crippen LogP) is 4.66. The van der Waals surface area contributed by atoms with Crippen LogP contribution in [-0.4, -0.2) is 13.1 Å². The minimum absolute atomic E-state index is 0.0920. The van der Waals surface area contributed by atoms with Crippen molar-refractivity contribution in [3.63, 3.8) is 0 Å². The summed E-state index contributed by atoms with van der Waals surface area (Å²) < 4.78 is 5.02. The van der Waals surface area contributed by atoms with Crippen LogP contribution < -0.4 is 0 Å². The molecule has 2 heteroatoms. The second-order valence-corrected chi connectivity index (χ2v) is 5.69. The van der Waals surface area contributed by atoms with E-state index in [-0.39, 0.29) is 11.9 Å². The van der Waals surface area contributed by atoms with Gasteiger partial charge in [0.2, 0.25) is 0 Å². The molecule has 2 nitrogen and oxygen atoms in total. The highest BCUT2D eigenvalue weighted by Crippen LogP contribution is 2.34. The van der Waals surface area contributed by atoms with Gasteiger partial charge in [-0.25, -0.2) is 0 Å². The molecule has 0 saturated heterocycles. The van der Waals surface area contributed by atoms with Crippen molar-refractivity contribution < 1.29 is 9.53 Å². The topological polar surface area (TPSA) is 26.3 Å². The Kier molecular flexibility index (Phi) is 6.90. The SMILES string of the molecule is C=C1CCC=C(C)CC[C@H](CCCC)[C@H]1C(=O)OC. The fourth-order valence-corrected chi connectivity index (χ4v) is 2.94. The Morgan fingerprint density at radius 2 is 2.21 bits per heavy atom. The van der Waals surface area contributed by atoms with Crippen LogP contribution in [0.2, 0.25) is 0 Å². The molecule has 0 fully saturated rings. The molecule has 0 spiro atoms. The van der Waals surface area contributed by atoms with Crippen LogP contribution in [0.25, 0.3) is 0 Å². The fourth-order valence-electron chi connectivity index (χ4n) is 2.94. The molecule has 0 aliphatic heterocycles. The molecule has 1 aliphatic rings. The third-order valence-corrected chi connectivity index (χ3v) is 4.16. The maximum atomic E-state index is 12.1. The third kappa shape index (κ3) is 4.85. The summed E-state index contributed by atoms with van der Waals surface area (Å²) in [4.78, 5) is 12.1. The van der Waals surface area contributed by atoms with Gasteiger partial charge < -0.3 is 4.74 Å². The van der Waals surface area contributed by atoms with Crippen LogP contribution >= 0.6 is 0 Å². The van der Waals surface area contributed by atoms with Gasteiger partial charge in [-0.1, -0.05) is 43.6 Å². The summed E-state index contributed by atoms with van der Waals surface area (Å²) in [5, 5.41) is 0. The van der Waals surface area contributed by atoms with Crippen LogP contribution in [0.5, 0.6) is 0 Å². The van der Waals surface area contributed by atoms with E-state index in [0.29, 0.717) is 5.92 Å². The number of hydrogen-bond acceptors (Lipinski definition) is 2. The van der Waals surface area contributed by atoms with Gasteiger partial charge in [0.1, 0.15) is 0 Å². The summed E-state index contributed by atoms with van der Waals surface area (Å²) >= 11 is 0. The summed E-state index contributed by atoms with van der Waals surface area (Å²) in [5.74, 6) is 0.197. The van der Waals surface area contributed by atoms with E-state index in [0.717, 1.165) is 37.7 Å². The molecular weight excluding hydrogens is 236 g/mol. The van der Waals surface area contributed by atoms with Gasteiger partial charge in [0.05, 0.1) is 13.0 Å². The quantitative estimate of drug-likeness (QED) is 0.545. The zero-order valence-corrected chi connectivity index (χ0v) is 12.7. The molecule has 0 heterocycles. The highest BCUT2D eigenvalue weighted by molar-refractivity contribution is 5.76. The van der Waals surface area contributed by atoms with E-state index < -0.39 is 0 Å². The number of methoxy groups -OCH3 is 1. The van der Waals surface area contributed by atoms with E-state index in [2.05, 4.69) is 26.5 Å². The fraction of sp³-hybridized carbons (Fsp3) is 0.706. The molecule has 1 aliphatic carbocycles. The van der Waals surface area contributed by atoms with E-state index in [9.17, 15) is 4.79 Å². The van der Waals surface area contributed by atoms with Crippen molar-refractivity contribution in [3.05, 3.63) is 23.8 Å². The second-order valence-electron chi connectivity index (χ2n) is 5.69. The van der Waals surface area contributed by atoms with Crippen molar-refractivity contribution in [1.82, 2.24) is 0 Å². The first-order valence-corrected chi connectivity index (χ1v) is 7.51. The molecule has 108 valence electrons. The number of carbonyl (C=O) groups excluding carboxylic acids is 1. The Morgan fingerprint density at radius 3 is 2.84 bits per heavy atom. The molecule has 0 radical (unpaired) electrons. The van der Waals surface area contributed by atoms with Crippen LogP contribution in [0.15, 0.2) is 23.8 Å². The van der Waals surface area contributed by atoms with E-state index in [1.54, 1.807) is 0 Å². The zero-order chi connectivity index (χ0) is 14.3. The summed E-state index contributed by atoms with van der Waals surface area (Å²) in [7, 11) is 1.49. The molecule has 0 saturated carbocycles. The van der Waals surface area contributed by atoms with Crippen molar-refractivity contribution >= 4 is 5.97 Å². The average molecular weight is 264 g/mol. The van der Waals surface area contributed by atoms with Gasteiger partial charge in [-0.3, -0.25) is 4.79 Å². The van der Waals surface area contributed by atoms with Gasteiger partial charge in [0.15, 0.2) is 0 Å². The molecule has 0 aromatic carbocycles. The number of allylic oxidation sites excluding steroid dienone is 2. The predicted molar refractivity (Wildman–Crippen MR) is 79.9 cm³/mol. The summed E-state index contributed by atoms with van der Waals surface area (Å²) in [6, 6.07) is 0. The standard InChI is InChI=1S/C17H28O2/c1-5-6-10-15-12-11-13(2)8-7-9-14(3)16(15)17(18)19-4/h8,15-16H,3,5-7,9-12H2,1-2,4H3/t15-,16-/m0/s1. The number of ether oxygens (including phenoxy) is 1. The number of hydrogen-bond donors (Lipinski definition) is 0. The Balaban J connectivity index is 2.89. The minimum Gasteiger partial charge on any atom is -0.469 e. The van der Waals surface area contributed by atoms with Crippen molar-refractivity contribution in [2.75, 3.05) is 7.11 Å². The Morgan fingerprint density at radius 1 is 1.47 bits per heavy atom. The highest BCUT2D eigenvalue weighted by Gasteiger charge is 2.31. The van der Waals surface area contributed by atoms with Crippen molar-refractivity contribution in [2.24, 2.45) is 11.8 Å². The third-order valence-electron chi connectivity index (χ3n) is 4.16. The summed E-state index contributed by atoms with van der Waals surface area (Å²) in [5.41, 5.74) is 2.50. The van der Waals surface area contributed by atoms with Crippen LogP contribution in [-0.2, 0) is 9.53 Å². The monoisotopic (exact) mass is 264 g/mol. The molecule has 0 aromatic heterocycles. The molecule has 1 rings (SSSR count). The molecule has 0 N–H and O–H groups in total. The normalized spacial score (nSPS) is 25.0. The smallest absolute Gasteiger partial charge is 0.313 e. The minimum atomic E-state index is -0.101. The lowest BCUT2D eigenvalue weighted by Crippen LogP contribution is -2.27. The number of esters is 1. The first kappa shape index (κ1) is 16.0. The first-order chi connectivity index (χ1) is 9.10. The van der Waals surface area contributed by atoms with Crippen LogP contribution in [0.3, 0.4) is 0 Å². The molecule has 0 bridgehead atoms. The highest BCUT2D eigenvalue weighted by atomic mass is 16.5. The van der Waals surface area contributed by atoms with Gasteiger partial charge in [-0.2, -0.15) is 0 Å². The van der Waals surface area contributed by atoms with Crippen molar-refractivity contribution in [2.45, 2.75) is 58.8 Å². The number of unbranched alkanes of at least 4 members (excludes halogenated alkanes) is 1. The number of carbonyl (C=O) groups is 1. The van der Waals surface area contributed by atoms with Crippen molar-refractivity contribution in [1.29, 1.82) is 0 Å². The van der Waals surface area contributed by atoms with E-state index in [4.69, 9.17) is 4.74 Å². The molecule has 19 heavy (non-hydrogen) atoms. The van der Waals surface area contributed by atoms with Gasteiger partial charge >= 0.3 is 5.97 Å².